The molecule has 1 aromatic carbocycles. The Labute approximate surface area is 117 Å². The van der Waals surface area contributed by atoms with Crippen LogP contribution in [0.25, 0.3) is 0 Å². The predicted octanol–water partition coefficient (Wildman–Crippen LogP) is 1.76. The van der Waals surface area contributed by atoms with E-state index in [4.69, 9.17) is 0 Å². The summed E-state index contributed by atoms with van der Waals surface area (Å²) in [5.41, 5.74) is 0.664. The molecule has 2 rings (SSSR count). The molecule has 0 spiro atoms. The molecule has 0 radical (unpaired) electrons. The minimum atomic E-state index is -0.0691. The lowest BCUT2D eigenvalue weighted by Crippen LogP contribution is -2.48. The summed E-state index contributed by atoms with van der Waals surface area (Å²) in [6.45, 7) is 0.591. The Hall–Kier alpha value is -1.49. The van der Waals surface area contributed by atoms with Crippen LogP contribution in [-0.4, -0.2) is 42.6 Å². The van der Waals surface area contributed by atoms with E-state index in [0.717, 1.165) is 11.3 Å². The summed E-state index contributed by atoms with van der Waals surface area (Å²) in [5, 5.41) is 2.98. The minimum absolute atomic E-state index is 0.0513. The zero-order valence-corrected chi connectivity index (χ0v) is 12.0. The van der Waals surface area contributed by atoms with E-state index in [-0.39, 0.29) is 17.9 Å². The molecule has 0 aliphatic carbocycles. The first-order valence-electron chi connectivity index (χ1n) is 6.29. The number of nitrogens with zero attached hydrogens (tertiary/aromatic N) is 1. The average Bonchev–Trinajstić information content (AvgIpc) is 2.43. The third-order valence-corrected chi connectivity index (χ3v) is 4.06. The number of carbonyl (C=O) groups is 2. The molecular formula is C14H18N2O2S. The summed E-state index contributed by atoms with van der Waals surface area (Å²) in [6.07, 6.45) is 3.23. The Morgan fingerprint density at radius 3 is 2.63 bits per heavy atom. The first-order chi connectivity index (χ1) is 9.10. The van der Waals surface area contributed by atoms with Gasteiger partial charge < -0.3 is 10.2 Å². The number of benzene rings is 1. The molecule has 19 heavy (non-hydrogen) atoms. The van der Waals surface area contributed by atoms with Crippen LogP contribution in [0.1, 0.15) is 23.2 Å². The van der Waals surface area contributed by atoms with Gasteiger partial charge in [0.2, 0.25) is 5.91 Å². The SMILES string of the molecule is CSc1ccc(C(=O)NC2CCC(=O)N(C)C2)cc1. The van der Waals surface area contributed by atoms with Gasteiger partial charge in [0.1, 0.15) is 0 Å². The van der Waals surface area contributed by atoms with Crippen molar-refractivity contribution >= 4 is 23.6 Å². The first kappa shape index (κ1) is 13.9. The zero-order chi connectivity index (χ0) is 13.8. The molecule has 0 bridgehead atoms. The average molecular weight is 278 g/mol. The van der Waals surface area contributed by atoms with Crippen LogP contribution < -0.4 is 5.32 Å². The molecule has 1 aromatic rings. The van der Waals surface area contributed by atoms with Crippen LogP contribution in [0.5, 0.6) is 0 Å². The van der Waals surface area contributed by atoms with Gasteiger partial charge in [-0.2, -0.15) is 0 Å². The Morgan fingerprint density at radius 2 is 2.05 bits per heavy atom. The van der Waals surface area contributed by atoms with Gasteiger partial charge in [0.25, 0.3) is 5.91 Å². The number of hydrogen-bond donors (Lipinski definition) is 1. The van der Waals surface area contributed by atoms with Gasteiger partial charge in [-0.05, 0) is 36.9 Å². The number of thioether (sulfide) groups is 1. The summed E-state index contributed by atoms with van der Waals surface area (Å²) in [7, 11) is 1.77. The second-order valence-corrected chi connectivity index (χ2v) is 5.59. The highest BCUT2D eigenvalue weighted by Crippen LogP contribution is 2.15. The number of amides is 2. The van der Waals surface area contributed by atoms with Crippen molar-refractivity contribution in [3.8, 4) is 0 Å². The van der Waals surface area contributed by atoms with Crippen LogP contribution in [0, 0.1) is 0 Å². The van der Waals surface area contributed by atoms with E-state index in [1.54, 1.807) is 23.7 Å². The molecule has 1 N–H and O–H groups in total. The minimum Gasteiger partial charge on any atom is -0.348 e. The lowest BCUT2D eigenvalue weighted by molar-refractivity contribution is -0.132. The standard InChI is InChI=1S/C14H18N2O2S/c1-16-9-11(5-8-13(16)17)15-14(18)10-3-6-12(19-2)7-4-10/h3-4,6-7,11H,5,8-9H2,1-2H3,(H,15,18). The summed E-state index contributed by atoms with van der Waals surface area (Å²) >= 11 is 1.65. The first-order valence-corrected chi connectivity index (χ1v) is 7.51. The smallest absolute Gasteiger partial charge is 0.251 e. The van der Waals surface area contributed by atoms with Crippen LogP contribution in [0.3, 0.4) is 0 Å². The van der Waals surface area contributed by atoms with Crippen LogP contribution >= 0.6 is 11.8 Å². The van der Waals surface area contributed by atoms with E-state index in [2.05, 4.69) is 5.32 Å². The van der Waals surface area contributed by atoms with Gasteiger partial charge in [0.05, 0.1) is 0 Å². The molecule has 5 heteroatoms. The fraction of sp³-hybridized carbons (Fsp3) is 0.429. The number of hydrogen-bond acceptors (Lipinski definition) is 3. The number of nitrogens with one attached hydrogen (secondary N) is 1. The highest BCUT2D eigenvalue weighted by molar-refractivity contribution is 7.98. The molecule has 4 nitrogen and oxygen atoms in total. The second kappa shape index (κ2) is 6.10. The molecule has 0 saturated carbocycles. The maximum absolute atomic E-state index is 12.1. The number of likely N-dealkylation sites (N-methyl/N-ethyl adjacent to an activating group) is 1. The van der Waals surface area contributed by atoms with Crippen molar-refractivity contribution in [2.75, 3.05) is 19.8 Å². The molecule has 2 amide bonds. The van der Waals surface area contributed by atoms with Crippen molar-refractivity contribution in [2.45, 2.75) is 23.8 Å². The lowest BCUT2D eigenvalue weighted by atomic mass is 10.1. The van der Waals surface area contributed by atoms with E-state index in [1.165, 1.54) is 0 Å². The van der Waals surface area contributed by atoms with Crippen molar-refractivity contribution in [1.29, 1.82) is 0 Å². The predicted molar refractivity (Wildman–Crippen MR) is 76.3 cm³/mol. The molecule has 102 valence electrons. The van der Waals surface area contributed by atoms with Crippen molar-refractivity contribution < 1.29 is 9.59 Å². The largest absolute Gasteiger partial charge is 0.348 e. The van der Waals surface area contributed by atoms with Gasteiger partial charge in [-0.1, -0.05) is 0 Å². The van der Waals surface area contributed by atoms with Crippen molar-refractivity contribution in [2.24, 2.45) is 0 Å². The van der Waals surface area contributed by atoms with Crippen LogP contribution in [0.2, 0.25) is 0 Å². The quantitative estimate of drug-likeness (QED) is 0.857. The van der Waals surface area contributed by atoms with Gasteiger partial charge in [-0.15, -0.1) is 11.8 Å². The van der Waals surface area contributed by atoms with Gasteiger partial charge in [-0.25, -0.2) is 0 Å². The number of carbonyl (C=O) groups excluding carboxylic acids is 2. The fourth-order valence-electron chi connectivity index (χ4n) is 2.14. The maximum Gasteiger partial charge on any atom is 0.251 e. The number of rotatable bonds is 3. The zero-order valence-electron chi connectivity index (χ0n) is 11.2. The van der Waals surface area contributed by atoms with E-state index < -0.39 is 0 Å². The molecule has 1 aliphatic rings. The normalized spacial score (nSPS) is 19.4. The summed E-state index contributed by atoms with van der Waals surface area (Å²) < 4.78 is 0. The molecule has 1 heterocycles. The molecule has 1 fully saturated rings. The third-order valence-electron chi connectivity index (χ3n) is 3.31. The van der Waals surface area contributed by atoms with Gasteiger partial charge >= 0.3 is 0 Å². The lowest BCUT2D eigenvalue weighted by Gasteiger charge is -2.30. The van der Waals surface area contributed by atoms with E-state index in [0.29, 0.717) is 18.5 Å². The Bertz CT molecular complexity index is 473. The molecule has 1 atom stereocenters. The van der Waals surface area contributed by atoms with Gasteiger partial charge in [0, 0.05) is 36.5 Å². The molecule has 1 saturated heterocycles. The third kappa shape index (κ3) is 3.50. The highest BCUT2D eigenvalue weighted by atomic mass is 32.2. The Kier molecular flexibility index (Phi) is 4.47. The van der Waals surface area contributed by atoms with Crippen LogP contribution in [0.15, 0.2) is 29.2 Å². The Balaban J connectivity index is 1.95. The topological polar surface area (TPSA) is 49.4 Å². The van der Waals surface area contributed by atoms with Crippen molar-refractivity contribution in [1.82, 2.24) is 10.2 Å². The highest BCUT2D eigenvalue weighted by Gasteiger charge is 2.24. The number of piperidine rings is 1. The van der Waals surface area contributed by atoms with Crippen molar-refractivity contribution in [3.05, 3.63) is 29.8 Å². The summed E-state index contributed by atoms with van der Waals surface area (Å²) in [6, 6.07) is 7.60. The number of likely N-dealkylation sites (tertiary alicyclic amines) is 1. The monoisotopic (exact) mass is 278 g/mol. The van der Waals surface area contributed by atoms with E-state index in [1.807, 2.05) is 30.5 Å². The summed E-state index contributed by atoms with van der Waals surface area (Å²) in [4.78, 5) is 26.3. The van der Waals surface area contributed by atoms with E-state index >= 15 is 0 Å². The van der Waals surface area contributed by atoms with Crippen LogP contribution in [0.4, 0.5) is 0 Å². The van der Waals surface area contributed by atoms with Crippen molar-refractivity contribution in [3.63, 3.8) is 0 Å². The van der Waals surface area contributed by atoms with Gasteiger partial charge in [0.15, 0.2) is 0 Å². The van der Waals surface area contributed by atoms with Gasteiger partial charge in [-0.3, -0.25) is 9.59 Å². The maximum atomic E-state index is 12.1. The molecular weight excluding hydrogens is 260 g/mol. The molecule has 0 aromatic heterocycles. The summed E-state index contributed by atoms with van der Waals surface area (Å²) in [5.74, 6) is 0.0789. The molecule has 1 aliphatic heterocycles. The Morgan fingerprint density at radius 1 is 1.37 bits per heavy atom. The van der Waals surface area contributed by atoms with Crippen LogP contribution in [-0.2, 0) is 4.79 Å². The fourth-order valence-corrected chi connectivity index (χ4v) is 2.55. The second-order valence-electron chi connectivity index (χ2n) is 4.71. The molecule has 1 unspecified atom stereocenters. The van der Waals surface area contributed by atoms with E-state index in [9.17, 15) is 9.59 Å².